The molecular formula is C3H15O9P. The van der Waals surface area contributed by atoms with Gasteiger partial charge in [-0.1, -0.05) is 0 Å². The monoisotopic (exact) mass is 226 g/mol. The number of hydrogen-bond donors (Lipinski definition) is 6. The van der Waals surface area contributed by atoms with Crippen LogP contribution in [0.25, 0.3) is 0 Å². The van der Waals surface area contributed by atoms with E-state index in [2.05, 4.69) is 0 Å². The van der Waals surface area contributed by atoms with Gasteiger partial charge in [-0.25, -0.2) is 4.57 Å². The van der Waals surface area contributed by atoms with Gasteiger partial charge < -0.3 is 41.0 Å². The molecule has 0 aromatic rings. The van der Waals surface area contributed by atoms with E-state index in [-0.39, 0.29) is 24.2 Å². The van der Waals surface area contributed by atoms with E-state index < -0.39 is 13.9 Å². The molecule has 10 N–H and O–H groups in total. The minimum atomic E-state index is -4.64. The van der Waals surface area contributed by atoms with E-state index >= 15 is 0 Å². The van der Waals surface area contributed by atoms with Gasteiger partial charge in [-0.05, 0) is 0 Å². The second kappa shape index (κ2) is 11.9. The first-order valence-electron chi connectivity index (χ1n) is 2.49. The molecule has 0 aromatic carbocycles. The molecule has 0 fully saturated rings. The fraction of sp³-hybridized carbons (Fsp3) is 1.00. The van der Waals surface area contributed by atoms with Crippen molar-refractivity contribution >= 4 is 7.82 Å². The quantitative estimate of drug-likeness (QED) is 0.255. The topological polar surface area (TPSA) is 201 Å². The van der Waals surface area contributed by atoms with Crippen LogP contribution in [0.4, 0.5) is 0 Å². The molecule has 9 nitrogen and oxygen atoms in total. The summed E-state index contributed by atoms with van der Waals surface area (Å²) in [7, 11) is -4.64. The Bertz CT molecular complexity index is 108. The van der Waals surface area contributed by atoms with Crippen LogP contribution in [0.2, 0.25) is 0 Å². The van der Waals surface area contributed by atoms with Crippen LogP contribution in [0.3, 0.4) is 0 Å². The zero-order valence-electron chi connectivity index (χ0n) is 6.53. The predicted molar refractivity (Wildman–Crippen MR) is 41.7 cm³/mol. The minimum absolute atomic E-state index is 0. The van der Waals surface area contributed by atoms with E-state index in [0.29, 0.717) is 0 Å². The minimum Gasteiger partial charge on any atom is -0.412 e. The molecule has 0 rings (SSSR count). The Morgan fingerprint density at radius 1 is 1.00 bits per heavy atom. The molecule has 0 unspecified atom stereocenters. The highest BCUT2D eigenvalue weighted by Crippen LogP contribution is 2.25. The number of rotatable bonds is 2. The first kappa shape index (κ1) is 23.1. The van der Waals surface area contributed by atoms with Crippen molar-refractivity contribution < 1.29 is 45.5 Å². The predicted octanol–water partition coefficient (Wildman–Crippen LogP) is -4.25. The molecule has 0 spiro atoms. The molecule has 13 heavy (non-hydrogen) atoms. The van der Waals surface area contributed by atoms with Crippen molar-refractivity contribution in [3.8, 4) is 0 Å². The molecule has 0 aliphatic carbocycles. The van der Waals surface area contributed by atoms with Crippen LogP contribution >= 0.6 is 7.82 Å². The first-order chi connectivity index (χ1) is 4.81. The van der Waals surface area contributed by atoms with Gasteiger partial charge in [-0.3, -0.25) is 0 Å². The van der Waals surface area contributed by atoms with E-state index in [1.54, 1.807) is 0 Å². The summed E-state index contributed by atoms with van der Waals surface area (Å²) in [6.07, 6.45) is -0.954. The van der Waals surface area contributed by atoms with Gasteiger partial charge in [0.15, 0.2) is 0 Å². The Balaban J connectivity index is -0.0000000546. The highest BCUT2D eigenvalue weighted by atomic mass is 31.2. The number of aliphatic hydroxyl groups is 3. The van der Waals surface area contributed by atoms with Crippen LogP contribution in [0.15, 0.2) is 0 Å². The third-order valence-corrected chi connectivity index (χ3v) is 0.421. The number of hydrogen-bond acceptors (Lipinski definition) is 4. The van der Waals surface area contributed by atoms with Gasteiger partial charge in [0.05, 0.1) is 13.2 Å². The van der Waals surface area contributed by atoms with Crippen LogP contribution in [-0.4, -0.2) is 60.3 Å². The van der Waals surface area contributed by atoms with Crippen LogP contribution in [-0.2, 0) is 4.57 Å². The highest BCUT2D eigenvalue weighted by Gasteiger charge is 2.00. The van der Waals surface area contributed by atoms with Crippen molar-refractivity contribution in [1.82, 2.24) is 0 Å². The fourth-order valence-corrected chi connectivity index (χ4v) is 0.0577. The third-order valence-electron chi connectivity index (χ3n) is 0.421. The van der Waals surface area contributed by atoms with Crippen molar-refractivity contribution in [2.45, 2.75) is 6.10 Å². The maximum absolute atomic E-state index is 8.88. The van der Waals surface area contributed by atoms with E-state index in [4.69, 9.17) is 34.6 Å². The van der Waals surface area contributed by atoms with Gasteiger partial charge >= 0.3 is 7.82 Å². The lowest BCUT2D eigenvalue weighted by molar-refractivity contribution is 0.0450. The van der Waals surface area contributed by atoms with Crippen molar-refractivity contribution in [1.29, 1.82) is 0 Å². The molecule has 0 saturated carbocycles. The van der Waals surface area contributed by atoms with Gasteiger partial charge in [0.1, 0.15) is 6.10 Å². The average molecular weight is 226 g/mol. The van der Waals surface area contributed by atoms with E-state index in [1.807, 2.05) is 0 Å². The van der Waals surface area contributed by atoms with Crippen molar-refractivity contribution in [3.63, 3.8) is 0 Å². The van der Waals surface area contributed by atoms with Crippen LogP contribution < -0.4 is 0 Å². The number of phosphoric acid groups is 1. The summed E-state index contributed by atoms with van der Waals surface area (Å²) in [5.74, 6) is 0. The zero-order chi connectivity index (χ0) is 9.49. The Kier molecular flexibility index (Phi) is 21.1. The maximum Gasteiger partial charge on any atom is 0.466 e. The van der Waals surface area contributed by atoms with Gasteiger partial charge in [-0.2, -0.15) is 0 Å². The summed E-state index contributed by atoms with van der Waals surface area (Å²) >= 11 is 0. The van der Waals surface area contributed by atoms with Crippen LogP contribution in [0.5, 0.6) is 0 Å². The lowest BCUT2D eigenvalue weighted by atomic mass is 10.4. The summed E-state index contributed by atoms with van der Waals surface area (Å²) < 4.78 is 8.88. The van der Waals surface area contributed by atoms with E-state index in [0.717, 1.165) is 0 Å². The van der Waals surface area contributed by atoms with Crippen LogP contribution in [0.1, 0.15) is 0 Å². The summed E-state index contributed by atoms with van der Waals surface area (Å²) in [6.45, 7) is -0.729. The average Bonchev–Trinajstić information content (AvgIpc) is 1.83. The van der Waals surface area contributed by atoms with Gasteiger partial charge in [0, 0.05) is 0 Å². The Hall–Kier alpha value is -0.0900. The Labute approximate surface area is 73.8 Å². The van der Waals surface area contributed by atoms with Crippen molar-refractivity contribution in [2.75, 3.05) is 13.2 Å². The highest BCUT2D eigenvalue weighted by molar-refractivity contribution is 7.45. The smallest absolute Gasteiger partial charge is 0.412 e. The summed E-state index contributed by atoms with van der Waals surface area (Å²) in [4.78, 5) is 21.6. The molecule has 0 radical (unpaired) electrons. The molecule has 0 saturated heterocycles. The third kappa shape index (κ3) is 76.5. The Morgan fingerprint density at radius 3 is 1.15 bits per heavy atom. The molecule has 0 atom stereocenters. The van der Waals surface area contributed by atoms with Crippen LogP contribution in [0, 0.1) is 0 Å². The lowest BCUT2D eigenvalue weighted by Gasteiger charge is -1.96. The lowest BCUT2D eigenvalue weighted by Crippen LogP contribution is -2.15. The normalized spacial score (nSPS) is 9.15. The zero-order valence-corrected chi connectivity index (χ0v) is 7.42. The summed E-state index contributed by atoms with van der Waals surface area (Å²) in [6, 6.07) is 0. The van der Waals surface area contributed by atoms with Crippen molar-refractivity contribution in [2.24, 2.45) is 0 Å². The first-order valence-corrected chi connectivity index (χ1v) is 4.05. The molecule has 86 valence electrons. The fourth-order valence-electron chi connectivity index (χ4n) is 0.0577. The molecule has 10 heteroatoms. The standard InChI is InChI=1S/C3H8O3.H3O4P.2H2O/c4-1-3(6)2-5;1-5(2,3)4;;/h3-6H,1-2H2;(H3,1,2,3,4);2*1H2. The van der Waals surface area contributed by atoms with Gasteiger partial charge in [-0.15, -0.1) is 0 Å². The van der Waals surface area contributed by atoms with Gasteiger partial charge in [0.2, 0.25) is 0 Å². The molecular weight excluding hydrogens is 211 g/mol. The molecule has 0 bridgehead atoms. The van der Waals surface area contributed by atoms with Crippen molar-refractivity contribution in [3.05, 3.63) is 0 Å². The summed E-state index contributed by atoms with van der Waals surface area (Å²) in [5.41, 5.74) is 0. The van der Waals surface area contributed by atoms with E-state index in [9.17, 15) is 0 Å². The molecule has 0 aliphatic heterocycles. The molecule has 0 heterocycles. The molecule has 0 amide bonds. The second-order valence-electron chi connectivity index (χ2n) is 1.53. The Morgan fingerprint density at radius 2 is 1.15 bits per heavy atom. The molecule has 0 aromatic heterocycles. The van der Waals surface area contributed by atoms with Gasteiger partial charge in [0.25, 0.3) is 0 Å². The maximum atomic E-state index is 8.88. The summed E-state index contributed by atoms with van der Waals surface area (Å²) in [5, 5.41) is 24.0. The van der Waals surface area contributed by atoms with E-state index in [1.165, 1.54) is 0 Å². The number of aliphatic hydroxyl groups excluding tert-OH is 3. The second-order valence-corrected chi connectivity index (χ2v) is 2.56. The molecule has 0 aliphatic rings. The largest absolute Gasteiger partial charge is 0.466 e. The SMILES string of the molecule is O.O.O=P(O)(O)O.OCC(O)CO.